The lowest BCUT2D eigenvalue weighted by molar-refractivity contribution is -0.384. The van der Waals surface area contributed by atoms with Gasteiger partial charge in [-0.2, -0.15) is 0 Å². The van der Waals surface area contributed by atoms with Crippen molar-refractivity contribution in [2.24, 2.45) is 4.99 Å². The second kappa shape index (κ2) is 9.27. The van der Waals surface area contributed by atoms with Gasteiger partial charge in [-0.1, -0.05) is 30.3 Å². The van der Waals surface area contributed by atoms with Crippen LogP contribution in [-0.2, 0) is 6.54 Å². The van der Waals surface area contributed by atoms with Crippen molar-refractivity contribution in [2.45, 2.75) is 6.54 Å². The molecule has 2 N–H and O–H groups in total. The van der Waals surface area contributed by atoms with Crippen LogP contribution in [0.5, 0.6) is 0 Å². The summed E-state index contributed by atoms with van der Waals surface area (Å²) in [5, 5.41) is 17.1. The smallest absolute Gasteiger partial charge is 0.269 e. The van der Waals surface area contributed by atoms with E-state index in [0.29, 0.717) is 19.6 Å². The molecular weight excluding hydrogens is 318 g/mol. The van der Waals surface area contributed by atoms with Crippen molar-refractivity contribution in [3.8, 4) is 0 Å². The molecule has 0 aliphatic heterocycles. The average Bonchev–Trinajstić information content (AvgIpc) is 2.62. The number of rotatable bonds is 7. The lowest BCUT2D eigenvalue weighted by atomic mass is 10.2. The number of nitrogens with one attached hydrogen (secondary N) is 2. The number of benzene rings is 2. The van der Waals surface area contributed by atoms with Gasteiger partial charge in [-0.3, -0.25) is 10.1 Å². The van der Waals surface area contributed by atoms with Gasteiger partial charge in [0.1, 0.15) is 0 Å². The van der Waals surface area contributed by atoms with E-state index in [1.165, 1.54) is 12.1 Å². The van der Waals surface area contributed by atoms with Crippen molar-refractivity contribution in [2.75, 3.05) is 32.5 Å². The molecule has 7 nitrogen and oxygen atoms in total. The minimum absolute atomic E-state index is 0.0895. The van der Waals surface area contributed by atoms with Crippen molar-refractivity contribution >= 4 is 17.3 Å². The van der Waals surface area contributed by atoms with E-state index in [0.717, 1.165) is 17.2 Å². The van der Waals surface area contributed by atoms with Gasteiger partial charge in [0.15, 0.2) is 5.96 Å². The predicted molar refractivity (Wildman–Crippen MR) is 101 cm³/mol. The fourth-order valence-electron chi connectivity index (χ4n) is 2.19. The standard InChI is InChI=1S/C18H23N5O2/c1-22(2)18(21-14-15-6-4-3-5-7-15)20-13-12-19-16-8-10-17(11-9-16)23(24)25/h3-11,19H,12-14H2,1-2H3,(H,20,21). The number of nitro benzene ring substituents is 1. The first-order valence-corrected chi connectivity index (χ1v) is 8.04. The summed E-state index contributed by atoms with van der Waals surface area (Å²) in [4.78, 5) is 16.8. The average molecular weight is 341 g/mol. The van der Waals surface area contributed by atoms with Crippen LogP contribution in [0.1, 0.15) is 5.56 Å². The molecule has 0 radical (unpaired) electrons. The van der Waals surface area contributed by atoms with Crippen LogP contribution in [-0.4, -0.2) is 43.0 Å². The Balaban J connectivity index is 1.80. The summed E-state index contributed by atoms with van der Waals surface area (Å²) in [5.41, 5.74) is 2.10. The molecule has 0 heterocycles. The number of aliphatic imine (C=N–C) groups is 1. The van der Waals surface area contributed by atoms with Crippen LogP contribution < -0.4 is 10.6 Å². The molecule has 0 saturated carbocycles. The highest BCUT2D eigenvalue weighted by Gasteiger charge is 2.04. The van der Waals surface area contributed by atoms with Crippen LogP contribution in [0, 0.1) is 10.1 Å². The van der Waals surface area contributed by atoms with Crippen molar-refractivity contribution in [1.82, 2.24) is 10.2 Å². The van der Waals surface area contributed by atoms with Crippen LogP contribution in [0.15, 0.2) is 59.6 Å². The van der Waals surface area contributed by atoms with E-state index >= 15 is 0 Å². The molecule has 0 atom stereocenters. The van der Waals surface area contributed by atoms with Crippen molar-refractivity contribution < 1.29 is 4.92 Å². The van der Waals surface area contributed by atoms with E-state index in [4.69, 9.17) is 0 Å². The maximum atomic E-state index is 10.6. The lowest BCUT2D eigenvalue weighted by Gasteiger charge is -2.18. The molecule has 7 heteroatoms. The molecule has 2 aromatic carbocycles. The number of non-ortho nitro benzene ring substituents is 1. The number of nitrogens with zero attached hydrogens (tertiary/aromatic N) is 3. The molecular formula is C18H23N5O2. The van der Waals surface area contributed by atoms with E-state index in [1.54, 1.807) is 12.1 Å². The zero-order valence-electron chi connectivity index (χ0n) is 14.5. The highest BCUT2D eigenvalue weighted by atomic mass is 16.6. The van der Waals surface area contributed by atoms with E-state index in [9.17, 15) is 10.1 Å². The summed E-state index contributed by atoms with van der Waals surface area (Å²) >= 11 is 0. The molecule has 2 aromatic rings. The molecule has 25 heavy (non-hydrogen) atoms. The second-order valence-corrected chi connectivity index (χ2v) is 5.68. The molecule has 132 valence electrons. The monoisotopic (exact) mass is 341 g/mol. The molecule has 0 aromatic heterocycles. The summed E-state index contributed by atoms with van der Waals surface area (Å²) in [6.07, 6.45) is 0. The van der Waals surface area contributed by atoms with E-state index in [1.807, 2.05) is 49.3 Å². The van der Waals surface area contributed by atoms with Crippen LogP contribution in [0.2, 0.25) is 0 Å². The zero-order valence-corrected chi connectivity index (χ0v) is 14.5. The van der Waals surface area contributed by atoms with E-state index in [-0.39, 0.29) is 5.69 Å². The Kier molecular flexibility index (Phi) is 6.76. The minimum Gasteiger partial charge on any atom is -0.383 e. The normalized spacial score (nSPS) is 11.0. The Hall–Kier alpha value is -3.09. The highest BCUT2D eigenvalue weighted by Crippen LogP contribution is 2.14. The summed E-state index contributed by atoms with van der Waals surface area (Å²) in [5.74, 6) is 0.814. The summed E-state index contributed by atoms with van der Waals surface area (Å²) in [7, 11) is 3.89. The second-order valence-electron chi connectivity index (χ2n) is 5.68. The lowest BCUT2D eigenvalue weighted by Crippen LogP contribution is -2.38. The number of anilines is 1. The molecule has 0 aliphatic rings. The van der Waals surface area contributed by atoms with Gasteiger partial charge < -0.3 is 15.5 Å². The van der Waals surface area contributed by atoms with Crippen LogP contribution in [0.25, 0.3) is 0 Å². The molecule has 0 fully saturated rings. The fraction of sp³-hybridized carbons (Fsp3) is 0.278. The van der Waals surface area contributed by atoms with Gasteiger partial charge in [-0.25, -0.2) is 4.99 Å². The molecule has 0 bridgehead atoms. The molecule has 0 unspecified atom stereocenters. The van der Waals surface area contributed by atoms with Gasteiger partial charge in [0.05, 0.1) is 11.5 Å². The quantitative estimate of drug-likeness (QED) is 0.266. The third-order valence-electron chi connectivity index (χ3n) is 3.49. The zero-order chi connectivity index (χ0) is 18.1. The maximum Gasteiger partial charge on any atom is 0.269 e. The summed E-state index contributed by atoms with van der Waals surface area (Å²) in [6.45, 7) is 1.98. The molecule has 0 spiro atoms. The Morgan fingerprint density at radius 1 is 1.08 bits per heavy atom. The van der Waals surface area contributed by atoms with Crippen molar-refractivity contribution in [3.05, 3.63) is 70.3 Å². The van der Waals surface area contributed by atoms with Gasteiger partial charge in [-0.15, -0.1) is 0 Å². The minimum atomic E-state index is -0.405. The van der Waals surface area contributed by atoms with Crippen LogP contribution in [0.3, 0.4) is 0 Å². The maximum absolute atomic E-state index is 10.6. The number of hydrogen-bond donors (Lipinski definition) is 2. The highest BCUT2D eigenvalue weighted by molar-refractivity contribution is 5.79. The molecule has 0 aliphatic carbocycles. The van der Waals surface area contributed by atoms with Crippen molar-refractivity contribution in [3.63, 3.8) is 0 Å². The Bertz CT molecular complexity index is 699. The predicted octanol–water partition coefficient (Wildman–Crippen LogP) is 2.71. The summed E-state index contributed by atoms with van der Waals surface area (Å²) < 4.78 is 0. The molecule has 2 rings (SSSR count). The van der Waals surface area contributed by atoms with Crippen LogP contribution >= 0.6 is 0 Å². The van der Waals surface area contributed by atoms with E-state index < -0.39 is 4.92 Å². The first-order valence-electron chi connectivity index (χ1n) is 8.04. The van der Waals surface area contributed by atoms with Gasteiger partial charge in [0.2, 0.25) is 0 Å². The molecule has 0 amide bonds. The first-order chi connectivity index (χ1) is 12.1. The van der Waals surface area contributed by atoms with Gasteiger partial charge in [0, 0.05) is 45.0 Å². The third kappa shape index (κ3) is 6.14. The van der Waals surface area contributed by atoms with E-state index in [2.05, 4.69) is 15.6 Å². The third-order valence-corrected chi connectivity index (χ3v) is 3.49. The number of guanidine groups is 1. The number of nitro groups is 1. The Morgan fingerprint density at radius 2 is 1.76 bits per heavy atom. The first kappa shape index (κ1) is 18.3. The Labute approximate surface area is 147 Å². The largest absolute Gasteiger partial charge is 0.383 e. The SMILES string of the molecule is CN(C)C(=NCc1ccccc1)NCCNc1ccc([N+](=O)[O-])cc1. The van der Waals surface area contributed by atoms with Crippen molar-refractivity contribution in [1.29, 1.82) is 0 Å². The van der Waals surface area contributed by atoms with Gasteiger partial charge >= 0.3 is 0 Å². The number of hydrogen-bond acceptors (Lipinski definition) is 4. The van der Waals surface area contributed by atoms with Gasteiger partial charge in [-0.05, 0) is 17.7 Å². The summed E-state index contributed by atoms with van der Waals surface area (Å²) in [6, 6.07) is 16.5. The van der Waals surface area contributed by atoms with Gasteiger partial charge in [0.25, 0.3) is 5.69 Å². The fourth-order valence-corrected chi connectivity index (χ4v) is 2.19. The Morgan fingerprint density at radius 3 is 2.36 bits per heavy atom. The van der Waals surface area contributed by atoms with Crippen LogP contribution in [0.4, 0.5) is 11.4 Å². The topological polar surface area (TPSA) is 82.8 Å². The molecule has 0 saturated heterocycles.